The molecule has 0 N–H and O–H groups in total. The van der Waals surface area contributed by atoms with E-state index < -0.39 is 5.60 Å². The van der Waals surface area contributed by atoms with E-state index in [0.717, 1.165) is 25.0 Å². The van der Waals surface area contributed by atoms with Crippen molar-refractivity contribution >= 4 is 11.7 Å². The van der Waals surface area contributed by atoms with Crippen LogP contribution in [-0.2, 0) is 20.7 Å². The number of piperidine rings is 1. The molecule has 2 aliphatic rings. The van der Waals surface area contributed by atoms with Gasteiger partial charge in [-0.2, -0.15) is 0 Å². The van der Waals surface area contributed by atoms with E-state index >= 15 is 0 Å². The standard InChI is InChI=1S/C19H28N4O3/c1-13(2)9-14-12-23(21-20-14)15-5-7-22(8-6-15)18(25)17-10-16(24)11-19(3,4)26-17/h10,12-13,15H,5-9,11H2,1-4H3. The summed E-state index contributed by atoms with van der Waals surface area (Å²) in [5, 5.41) is 8.51. The summed E-state index contributed by atoms with van der Waals surface area (Å²) in [7, 11) is 0. The van der Waals surface area contributed by atoms with Crippen LogP contribution in [0.4, 0.5) is 0 Å². The number of carbonyl (C=O) groups excluding carboxylic acids is 2. The summed E-state index contributed by atoms with van der Waals surface area (Å²) in [4.78, 5) is 26.3. The molecule has 1 saturated heterocycles. The predicted octanol–water partition coefficient (Wildman–Crippen LogP) is 2.29. The maximum Gasteiger partial charge on any atom is 0.289 e. The van der Waals surface area contributed by atoms with Crippen LogP contribution < -0.4 is 0 Å². The highest BCUT2D eigenvalue weighted by molar-refractivity contribution is 6.01. The highest BCUT2D eigenvalue weighted by atomic mass is 16.5. The highest BCUT2D eigenvalue weighted by Gasteiger charge is 2.35. The van der Waals surface area contributed by atoms with Crippen LogP contribution in [0, 0.1) is 5.92 Å². The maximum atomic E-state index is 12.7. The molecule has 0 aliphatic carbocycles. The van der Waals surface area contributed by atoms with Gasteiger partial charge in [-0.15, -0.1) is 5.10 Å². The Morgan fingerprint density at radius 2 is 2.04 bits per heavy atom. The van der Waals surface area contributed by atoms with Gasteiger partial charge in [0.15, 0.2) is 11.5 Å². The first-order chi connectivity index (χ1) is 12.2. The van der Waals surface area contributed by atoms with E-state index in [2.05, 4.69) is 24.2 Å². The van der Waals surface area contributed by atoms with E-state index in [0.29, 0.717) is 25.4 Å². The fraction of sp³-hybridized carbons (Fsp3) is 0.684. The second-order valence-corrected chi connectivity index (χ2v) is 8.32. The molecule has 0 spiro atoms. The number of ketones is 1. The van der Waals surface area contributed by atoms with Crippen molar-refractivity contribution in [3.8, 4) is 0 Å². The quantitative estimate of drug-likeness (QED) is 0.823. The number of hydrogen-bond donors (Lipinski definition) is 0. The molecule has 1 fully saturated rings. The van der Waals surface area contributed by atoms with E-state index in [1.807, 2.05) is 24.7 Å². The van der Waals surface area contributed by atoms with Gasteiger partial charge in [-0.05, 0) is 39.0 Å². The van der Waals surface area contributed by atoms with Crippen LogP contribution >= 0.6 is 0 Å². The zero-order valence-electron chi connectivity index (χ0n) is 16.1. The number of likely N-dealkylation sites (tertiary alicyclic amines) is 1. The second kappa shape index (κ2) is 7.21. The molecule has 7 nitrogen and oxygen atoms in total. The van der Waals surface area contributed by atoms with Crippen molar-refractivity contribution in [2.24, 2.45) is 5.92 Å². The van der Waals surface area contributed by atoms with Gasteiger partial charge in [-0.1, -0.05) is 19.1 Å². The Balaban J connectivity index is 1.59. The number of nitrogens with zero attached hydrogens (tertiary/aromatic N) is 4. The molecule has 0 atom stereocenters. The van der Waals surface area contributed by atoms with Crippen molar-refractivity contribution in [1.29, 1.82) is 0 Å². The Morgan fingerprint density at radius 3 is 2.65 bits per heavy atom. The van der Waals surface area contributed by atoms with E-state index in [4.69, 9.17) is 4.74 Å². The topological polar surface area (TPSA) is 77.3 Å². The minimum absolute atomic E-state index is 0.0558. The Morgan fingerprint density at radius 1 is 1.35 bits per heavy atom. The minimum Gasteiger partial charge on any atom is -0.481 e. The molecule has 1 aromatic heterocycles. The molecule has 7 heteroatoms. The molecule has 2 aliphatic heterocycles. The molecule has 0 bridgehead atoms. The van der Waals surface area contributed by atoms with Gasteiger partial charge in [-0.25, -0.2) is 4.68 Å². The monoisotopic (exact) mass is 360 g/mol. The number of rotatable bonds is 4. The van der Waals surface area contributed by atoms with Crippen LogP contribution in [-0.4, -0.2) is 50.3 Å². The van der Waals surface area contributed by atoms with Crippen LogP contribution in [0.15, 0.2) is 18.0 Å². The van der Waals surface area contributed by atoms with Crippen molar-refractivity contribution in [2.75, 3.05) is 13.1 Å². The van der Waals surface area contributed by atoms with Crippen molar-refractivity contribution in [3.63, 3.8) is 0 Å². The fourth-order valence-corrected chi connectivity index (χ4v) is 3.58. The SMILES string of the molecule is CC(C)Cc1cn(C2CCN(C(=O)C3=CC(=O)CC(C)(C)O3)CC2)nn1. The molecule has 0 unspecified atom stereocenters. The molecule has 3 heterocycles. The third-order valence-electron chi connectivity index (χ3n) is 4.79. The van der Waals surface area contributed by atoms with Gasteiger partial charge >= 0.3 is 0 Å². The molecule has 0 aromatic carbocycles. The molecule has 3 rings (SSSR count). The number of carbonyl (C=O) groups is 2. The summed E-state index contributed by atoms with van der Waals surface area (Å²) in [6.07, 6.45) is 6.23. The molecule has 1 amide bonds. The van der Waals surface area contributed by atoms with Gasteiger partial charge in [0.25, 0.3) is 5.91 Å². The number of hydrogen-bond acceptors (Lipinski definition) is 5. The zero-order valence-corrected chi connectivity index (χ0v) is 16.1. The van der Waals surface area contributed by atoms with E-state index in [1.165, 1.54) is 6.08 Å². The first-order valence-corrected chi connectivity index (χ1v) is 9.37. The molecule has 1 aromatic rings. The normalized spacial score (nSPS) is 20.9. The first kappa shape index (κ1) is 18.6. The van der Waals surface area contributed by atoms with Crippen LogP contribution in [0.1, 0.15) is 58.7 Å². The van der Waals surface area contributed by atoms with Crippen molar-refractivity contribution in [2.45, 2.75) is 65.0 Å². The highest BCUT2D eigenvalue weighted by Crippen LogP contribution is 2.28. The molecule has 26 heavy (non-hydrogen) atoms. The summed E-state index contributed by atoms with van der Waals surface area (Å²) in [5.41, 5.74) is 0.392. The summed E-state index contributed by atoms with van der Waals surface area (Å²) < 4.78 is 7.67. The summed E-state index contributed by atoms with van der Waals surface area (Å²) >= 11 is 0. The predicted molar refractivity (Wildman–Crippen MR) is 96.3 cm³/mol. The third-order valence-corrected chi connectivity index (χ3v) is 4.79. The summed E-state index contributed by atoms with van der Waals surface area (Å²) in [6, 6.07) is 0.256. The van der Waals surface area contributed by atoms with Crippen LogP contribution in [0.3, 0.4) is 0 Å². The lowest BCUT2D eigenvalue weighted by molar-refractivity contribution is -0.139. The van der Waals surface area contributed by atoms with Gasteiger partial charge in [0.05, 0.1) is 11.7 Å². The van der Waals surface area contributed by atoms with E-state index in [9.17, 15) is 9.59 Å². The average Bonchev–Trinajstić information content (AvgIpc) is 3.00. The maximum absolute atomic E-state index is 12.7. The first-order valence-electron chi connectivity index (χ1n) is 9.37. The van der Waals surface area contributed by atoms with Crippen LogP contribution in [0.2, 0.25) is 0 Å². The number of allylic oxidation sites excluding steroid dienone is 1. The van der Waals surface area contributed by atoms with Gasteiger partial charge in [0.2, 0.25) is 0 Å². The van der Waals surface area contributed by atoms with Gasteiger partial charge in [0, 0.05) is 31.8 Å². The van der Waals surface area contributed by atoms with Gasteiger partial charge in [0.1, 0.15) is 5.60 Å². The number of amides is 1. The molecule has 0 saturated carbocycles. The summed E-state index contributed by atoms with van der Waals surface area (Å²) in [6.45, 7) is 9.23. The molecular formula is C19H28N4O3. The minimum atomic E-state index is -0.622. The van der Waals surface area contributed by atoms with Crippen molar-refractivity contribution < 1.29 is 14.3 Å². The van der Waals surface area contributed by atoms with Crippen molar-refractivity contribution in [1.82, 2.24) is 19.9 Å². The number of ether oxygens (including phenoxy) is 1. The largest absolute Gasteiger partial charge is 0.481 e. The Kier molecular flexibility index (Phi) is 5.16. The molecular weight excluding hydrogens is 332 g/mol. The van der Waals surface area contributed by atoms with E-state index in [-0.39, 0.29) is 23.5 Å². The molecule has 142 valence electrons. The second-order valence-electron chi connectivity index (χ2n) is 8.32. The average molecular weight is 360 g/mol. The lowest BCUT2D eigenvalue weighted by atomic mass is 9.98. The molecule has 0 radical (unpaired) electrons. The van der Waals surface area contributed by atoms with E-state index in [1.54, 1.807) is 4.90 Å². The number of aromatic nitrogens is 3. The fourth-order valence-electron chi connectivity index (χ4n) is 3.58. The lowest BCUT2D eigenvalue weighted by Crippen LogP contribution is -2.43. The summed E-state index contributed by atoms with van der Waals surface area (Å²) in [5.74, 6) is 0.475. The Labute approximate surface area is 154 Å². The van der Waals surface area contributed by atoms with Crippen molar-refractivity contribution in [3.05, 3.63) is 23.7 Å². The smallest absolute Gasteiger partial charge is 0.289 e. The van der Waals surface area contributed by atoms with Gasteiger partial charge < -0.3 is 9.64 Å². The Hall–Kier alpha value is -2.18. The lowest BCUT2D eigenvalue weighted by Gasteiger charge is -2.35. The van der Waals surface area contributed by atoms with Crippen LogP contribution in [0.25, 0.3) is 0 Å². The van der Waals surface area contributed by atoms with Crippen LogP contribution in [0.5, 0.6) is 0 Å². The zero-order chi connectivity index (χ0) is 18.9. The third kappa shape index (κ3) is 4.31. The Bertz CT molecular complexity index is 712. The van der Waals surface area contributed by atoms with Gasteiger partial charge in [-0.3, -0.25) is 9.59 Å².